The normalized spacial score (nSPS) is 15.1. The molecule has 1 aromatic heterocycles. The number of carbonyl (C=O) groups excluding carboxylic acids is 2. The third-order valence-electron chi connectivity index (χ3n) is 3.70. The van der Waals surface area contributed by atoms with E-state index in [1.807, 2.05) is 6.92 Å². The molecule has 7 nitrogen and oxygen atoms in total. The highest BCUT2D eigenvalue weighted by Gasteiger charge is 2.13. The van der Waals surface area contributed by atoms with Crippen LogP contribution in [0.1, 0.15) is 29.0 Å². The Bertz CT molecular complexity index is 486. The van der Waals surface area contributed by atoms with Gasteiger partial charge in [0.05, 0.1) is 6.54 Å². The number of aryl methyl sites for hydroxylation is 2. The molecule has 0 radical (unpaired) electrons. The smallest absolute Gasteiger partial charge is 0.272 e. The van der Waals surface area contributed by atoms with E-state index in [1.165, 1.54) is 12.8 Å². The summed E-state index contributed by atoms with van der Waals surface area (Å²) in [4.78, 5) is 25.8. The van der Waals surface area contributed by atoms with Gasteiger partial charge in [0.15, 0.2) is 0 Å². The number of amides is 2. The van der Waals surface area contributed by atoms with E-state index < -0.39 is 0 Å². The van der Waals surface area contributed by atoms with Crippen LogP contribution >= 0.6 is 0 Å². The fraction of sp³-hybridized carbons (Fsp3) is 0.643. The van der Waals surface area contributed by atoms with Crippen molar-refractivity contribution in [1.29, 1.82) is 0 Å². The summed E-state index contributed by atoms with van der Waals surface area (Å²) in [6, 6.07) is 1.70. The highest BCUT2D eigenvalue weighted by atomic mass is 16.2. The van der Waals surface area contributed by atoms with Crippen LogP contribution in [0.15, 0.2) is 6.07 Å². The van der Waals surface area contributed by atoms with E-state index in [1.54, 1.807) is 17.8 Å². The van der Waals surface area contributed by atoms with Gasteiger partial charge in [-0.15, -0.1) is 0 Å². The van der Waals surface area contributed by atoms with Crippen LogP contribution in [0.2, 0.25) is 0 Å². The lowest BCUT2D eigenvalue weighted by Gasteiger charge is -2.14. The summed E-state index contributed by atoms with van der Waals surface area (Å²) >= 11 is 0. The third-order valence-corrected chi connectivity index (χ3v) is 3.70. The van der Waals surface area contributed by atoms with Gasteiger partial charge >= 0.3 is 0 Å². The minimum atomic E-state index is -0.326. The standard InChI is InChI=1S/C14H23N5O2/c1-11-9-12(17-18(11)2)14(21)16-10-13(20)15-5-8-19-6-3-4-7-19/h9H,3-8,10H2,1-2H3,(H,15,20)(H,16,21). The van der Waals surface area contributed by atoms with Gasteiger partial charge in [0.2, 0.25) is 5.91 Å². The van der Waals surface area contributed by atoms with Crippen LogP contribution in [-0.2, 0) is 11.8 Å². The summed E-state index contributed by atoms with van der Waals surface area (Å²) in [6.45, 7) is 5.58. The number of likely N-dealkylation sites (tertiary alicyclic amines) is 1. The zero-order chi connectivity index (χ0) is 15.2. The van der Waals surface area contributed by atoms with Crippen molar-refractivity contribution in [3.8, 4) is 0 Å². The molecular formula is C14H23N5O2. The van der Waals surface area contributed by atoms with Crippen LogP contribution in [0, 0.1) is 6.92 Å². The number of rotatable bonds is 6. The first-order chi connectivity index (χ1) is 10.1. The van der Waals surface area contributed by atoms with Gasteiger partial charge in [-0.1, -0.05) is 0 Å². The van der Waals surface area contributed by atoms with Gasteiger partial charge in [-0.2, -0.15) is 5.10 Å². The van der Waals surface area contributed by atoms with Gasteiger partial charge < -0.3 is 15.5 Å². The van der Waals surface area contributed by atoms with Crippen LogP contribution in [0.3, 0.4) is 0 Å². The van der Waals surface area contributed by atoms with E-state index >= 15 is 0 Å². The van der Waals surface area contributed by atoms with Crippen molar-refractivity contribution < 1.29 is 9.59 Å². The SMILES string of the molecule is Cc1cc(C(=O)NCC(=O)NCCN2CCCC2)nn1C. The van der Waals surface area contributed by atoms with Gasteiger partial charge in [0.1, 0.15) is 5.69 Å². The van der Waals surface area contributed by atoms with Crippen molar-refractivity contribution >= 4 is 11.8 Å². The first kappa shape index (κ1) is 15.5. The van der Waals surface area contributed by atoms with E-state index in [0.717, 1.165) is 25.3 Å². The van der Waals surface area contributed by atoms with Crippen molar-refractivity contribution in [2.75, 3.05) is 32.7 Å². The molecule has 1 fully saturated rings. The average molecular weight is 293 g/mol. The van der Waals surface area contributed by atoms with Gasteiger partial charge in [-0.05, 0) is 38.9 Å². The van der Waals surface area contributed by atoms with Crippen LogP contribution < -0.4 is 10.6 Å². The van der Waals surface area contributed by atoms with Crippen molar-refractivity contribution in [3.05, 3.63) is 17.5 Å². The van der Waals surface area contributed by atoms with Gasteiger partial charge in [-0.25, -0.2) is 0 Å². The van der Waals surface area contributed by atoms with Crippen molar-refractivity contribution in [2.24, 2.45) is 7.05 Å². The van der Waals surface area contributed by atoms with E-state index in [9.17, 15) is 9.59 Å². The Morgan fingerprint density at radius 1 is 1.29 bits per heavy atom. The van der Waals surface area contributed by atoms with Crippen molar-refractivity contribution in [1.82, 2.24) is 25.3 Å². The van der Waals surface area contributed by atoms with Gasteiger partial charge in [0.25, 0.3) is 5.91 Å². The summed E-state index contributed by atoms with van der Waals surface area (Å²) in [5.74, 6) is -0.497. The van der Waals surface area contributed by atoms with Gasteiger partial charge in [-0.3, -0.25) is 14.3 Å². The second kappa shape index (κ2) is 7.21. The quantitative estimate of drug-likeness (QED) is 0.753. The van der Waals surface area contributed by atoms with E-state index in [0.29, 0.717) is 12.2 Å². The molecule has 0 aromatic carbocycles. The monoisotopic (exact) mass is 293 g/mol. The maximum atomic E-state index is 11.8. The largest absolute Gasteiger partial charge is 0.353 e. The molecule has 0 spiro atoms. The molecular weight excluding hydrogens is 270 g/mol. The van der Waals surface area contributed by atoms with E-state index in [-0.39, 0.29) is 18.4 Å². The predicted octanol–water partition coefficient (Wildman–Crippen LogP) is -0.330. The predicted molar refractivity (Wildman–Crippen MR) is 79.0 cm³/mol. The Hall–Kier alpha value is -1.89. The zero-order valence-corrected chi connectivity index (χ0v) is 12.7. The van der Waals surface area contributed by atoms with Crippen LogP contribution in [-0.4, -0.2) is 59.2 Å². The first-order valence-electron chi connectivity index (χ1n) is 7.34. The second-order valence-electron chi connectivity index (χ2n) is 5.38. The van der Waals surface area contributed by atoms with Crippen LogP contribution in [0.4, 0.5) is 0 Å². The molecule has 0 atom stereocenters. The molecule has 1 aliphatic rings. The van der Waals surface area contributed by atoms with E-state index in [4.69, 9.17) is 0 Å². The number of hydrogen-bond donors (Lipinski definition) is 2. The lowest BCUT2D eigenvalue weighted by Crippen LogP contribution is -2.40. The molecule has 21 heavy (non-hydrogen) atoms. The third kappa shape index (κ3) is 4.56. The Kier molecular flexibility index (Phi) is 5.32. The molecule has 116 valence electrons. The van der Waals surface area contributed by atoms with Crippen LogP contribution in [0.25, 0.3) is 0 Å². The molecule has 1 saturated heterocycles. The highest BCUT2D eigenvalue weighted by Crippen LogP contribution is 2.05. The number of aromatic nitrogens is 2. The summed E-state index contributed by atoms with van der Waals surface area (Å²) < 4.78 is 1.63. The minimum Gasteiger partial charge on any atom is -0.353 e. The zero-order valence-electron chi connectivity index (χ0n) is 12.7. The first-order valence-corrected chi connectivity index (χ1v) is 7.34. The molecule has 2 rings (SSSR count). The van der Waals surface area contributed by atoms with Crippen molar-refractivity contribution in [2.45, 2.75) is 19.8 Å². The molecule has 0 unspecified atom stereocenters. The van der Waals surface area contributed by atoms with Crippen LogP contribution in [0.5, 0.6) is 0 Å². The number of carbonyl (C=O) groups is 2. The molecule has 7 heteroatoms. The number of nitrogens with one attached hydrogen (secondary N) is 2. The molecule has 2 N–H and O–H groups in total. The summed E-state index contributed by atoms with van der Waals surface area (Å²) in [5, 5.41) is 9.46. The summed E-state index contributed by atoms with van der Waals surface area (Å²) in [5.41, 5.74) is 1.23. The molecule has 2 amide bonds. The summed E-state index contributed by atoms with van der Waals surface area (Å²) in [7, 11) is 1.77. The maximum Gasteiger partial charge on any atom is 0.272 e. The molecule has 1 aliphatic heterocycles. The van der Waals surface area contributed by atoms with E-state index in [2.05, 4.69) is 20.6 Å². The van der Waals surface area contributed by atoms with Gasteiger partial charge in [0, 0.05) is 25.8 Å². The molecule has 0 aliphatic carbocycles. The lowest BCUT2D eigenvalue weighted by molar-refractivity contribution is -0.120. The Morgan fingerprint density at radius 2 is 2.00 bits per heavy atom. The molecule has 0 bridgehead atoms. The Morgan fingerprint density at radius 3 is 2.62 bits per heavy atom. The van der Waals surface area contributed by atoms with Crippen molar-refractivity contribution in [3.63, 3.8) is 0 Å². The Labute approximate surface area is 124 Å². The number of hydrogen-bond acceptors (Lipinski definition) is 4. The minimum absolute atomic E-state index is 0.0194. The lowest BCUT2D eigenvalue weighted by atomic mass is 10.3. The molecule has 2 heterocycles. The maximum absolute atomic E-state index is 11.8. The highest BCUT2D eigenvalue weighted by molar-refractivity contribution is 5.94. The topological polar surface area (TPSA) is 79.3 Å². The molecule has 1 aromatic rings. The molecule has 0 saturated carbocycles. The summed E-state index contributed by atoms with van der Waals surface area (Å²) in [6.07, 6.45) is 2.49. The Balaban J connectivity index is 1.64. The fourth-order valence-corrected chi connectivity index (χ4v) is 2.34. The average Bonchev–Trinajstić information content (AvgIpc) is 3.07. The fourth-order valence-electron chi connectivity index (χ4n) is 2.34. The second-order valence-corrected chi connectivity index (χ2v) is 5.38. The number of nitrogens with zero attached hydrogens (tertiary/aromatic N) is 3.